The summed E-state index contributed by atoms with van der Waals surface area (Å²) in [5.74, 6) is 0. The van der Waals surface area contributed by atoms with Crippen molar-refractivity contribution in [3.8, 4) is 0 Å². The van der Waals surface area contributed by atoms with Gasteiger partial charge in [0, 0.05) is 11.3 Å². The predicted octanol–water partition coefficient (Wildman–Crippen LogP) is 3.18. The van der Waals surface area contributed by atoms with Gasteiger partial charge >= 0.3 is 0 Å². The largest absolute Gasteiger partial charge is 0.398 e. The van der Waals surface area contributed by atoms with E-state index in [0.717, 1.165) is 16.8 Å². The van der Waals surface area contributed by atoms with Gasteiger partial charge in [-0.2, -0.15) is 0 Å². The van der Waals surface area contributed by atoms with Crippen molar-refractivity contribution < 1.29 is 0 Å². The van der Waals surface area contributed by atoms with Gasteiger partial charge in [0.05, 0.1) is 0 Å². The maximum absolute atomic E-state index is 5.97. The molecular weight excluding hydrogens is 170 g/mol. The van der Waals surface area contributed by atoms with Crippen LogP contribution in [0.2, 0.25) is 0 Å². The highest BCUT2D eigenvalue weighted by Crippen LogP contribution is 2.17. The van der Waals surface area contributed by atoms with E-state index in [1.54, 1.807) is 0 Å². The summed E-state index contributed by atoms with van der Waals surface area (Å²) < 4.78 is 0. The Morgan fingerprint density at radius 2 is 2.00 bits per heavy atom. The molecule has 0 aliphatic rings. The van der Waals surface area contributed by atoms with Gasteiger partial charge < -0.3 is 5.73 Å². The SMILES string of the molecule is C=C(C)/C=C(/N)c1cc(C)ccc1C. The smallest absolute Gasteiger partial charge is 0.0392 e. The number of benzene rings is 1. The molecule has 1 rings (SSSR count). The first kappa shape index (κ1) is 10.6. The van der Waals surface area contributed by atoms with Crippen LogP contribution in [-0.4, -0.2) is 0 Å². The Bertz CT molecular complexity index is 386. The highest BCUT2D eigenvalue weighted by molar-refractivity contribution is 5.68. The van der Waals surface area contributed by atoms with Crippen molar-refractivity contribution in [2.45, 2.75) is 20.8 Å². The molecule has 0 fully saturated rings. The van der Waals surface area contributed by atoms with E-state index in [0.29, 0.717) is 0 Å². The lowest BCUT2D eigenvalue weighted by molar-refractivity contribution is 1.34. The maximum Gasteiger partial charge on any atom is 0.0392 e. The molecular formula is C13H17N. The Labute approximate surface area is 85.9 Å². The number of allylic oxidation sites excluding steroid dienone is 2. The van der Waals surface area contributed by atoms with E-state index < -0.39 is 0 Å². The summed E-state index contributed by atoms with van der Waals surface area (Å²) in [4.78, 5) is 0. The molecule has 1 aromatic rings. The molecule has 0 radical (unpaired) electrons. The van der Waals surface area contributed by atoms with Crippen molar-refractivity contribution in [1.82, 2.24) is 0 Å². The minimum Gasteiger partial charge on any atom is -0.398 e. The predicted molar refractivity (Wildman–Crippen MR) is 62.9 cm³/mol. The Morgan fingerprint density at radius 3 is 2.57 bits per heavy atom. The van der Waals surface area contributed by atoms with Crippen LogP contribution in [0.25, 0.3) is 5.70 Å². The minimum atomic E-state index is 0.790. The van der Waals surface area contributed by atoms with Crippen LogP contribution < -0.4 is 5.73 Å². The van der Waals surface area contributed by atoms with E-state index in [4.69, 9.17) is 5.73 Å². The number of hydrogen-bond donors (Lipinski definition) is 1. The first-order chi connectivity index (χ1) is 6.50. The fraction of sp³-hybridized carbons (Fsp3) is 0.231. The van der Waals surface area contributed by atoms with Crippen LogP contribution in [0.5, 0.6) is 0 Å². The minimum absolute atomic E-state index is 0.790. The van der Waals surface area contributed by atoms with E-state index in [2.05, 4.69) is 38.6 Å². The van der Waals surface area contributed by atoms with Crippen molar-refractivity contribution in [3.63, 3.8) is 0 Å². The monoisotopic (exact) mass is 187 g/mol. The van der Waals surface area contributed by atoms with Gasteiger partial charge in [-0.1, -0.05) is 29.8 Å². The molecule has 0 heterocycles. The molecule has 0 saturated carbocycles. The highest BCUT2D eigenvalue weighted by atomic mass is 14.6. The van der Waals surface area contributed by atoms with Crippen molar-refractivity contribution in [3.05, 3.63) is 53.1 Å². The van der Waals surface area contributed by atoms with Crippen molar-refractivity contribution >= 4 is 5.70 Å². The zero-order valence-corrected chi connectivity index (χ0v) is 9.09. The van der Waals surface area contributed by atoms with E-state index >= 15 is 0 Å². The lowest BCUT2D eigenvalue weighted by Crippen LogP contribution is -1.99. The Hall–Kier alpha value is -1.50. The van der Waals surface area contributed by atoms with Gasteiger partial charge in [-0.25, -0.2) is 0 Å². The average Bonchev–Trinajstić information content (AvgIpc) is 2.08. The van der Waals surface area contributed by atoms with Gasteiger partial charge in [-0.05, 0) is 38.5 Å². The van der Waals surface area contributed by atoms with Crippen molar-refractivity contribution in [2.24, 2.45) is 5.73 Å². The van der Waals surface area contributed by atoms with Crippen molar-refractivity contribution in [1.29, 1.82) is 0 Å². The van der Waals surface area contributed by atoms with Crippen LogP contribution >= 0.6 is 0 Å². The molecule has 0 saturated heterocycles. The maximum atomic E-state index is 5.97. The van der Waals surface area contributed by atoms with Gasteiger partial charge in [0.15, 0.2) is 0 Å². The second kappa shape index (κ2) is 4.14. The first-order valence-electron chi connectivity index (χ1n) is 4.71. The summed E-state index contributed by atoms with van der Waals surface area (Å²) >= 11 is 0. The van der Waals surface area contributed by atoms with Gasteiger partial charge in [0.25, 0.3) is 0 Å². The summed E-state index contributed by atoms with van der Waals surface area (Å²) in [6.07, 6.45) is 1.90. The van der Waals surface area contributed by atoms with E-state index in [1.807, 2.05) is 13.0 Å². The third kappa shape index (κ3) is 2.49. The zero-order chi connectivity index (χ0) is 10.7. The molecule has 14 heavy (non-hydrogen) atoms. The summed E-state index contributed by atoms with van der Waals surface area (Å²) in [5.41, 5.74) is 11.3. The topological polar surface area (TPSA) is 26.0 Å². The number of rotatable bonds is 2. The second-order valence-corrected chi connectivity index (χ2v) is 3.76. The van der Waals surface area contributed by atoms with E-state index in [-0.39, 0.29) is 0 Å². The molecule has 0 bridgehead atoms. The quantitative estimate of drug-likeness (QED) is 0.707. The standard InChI is InChI=1S/C13H17N/c1-9(2)7-13(14)12-8-10(3)5-6-11(12)4/h5-8H,1,14H2,2-4H3/b13-7+. The second-order valence-electron chi connectivity index (χ2n) is 3.76. The van der Waals surface area contributed by atoms with Crippen LogP contribution in [0.3, 0.4) is 0 Å². The first-order valence-corrected chi connectivity index (χ1v) is 4.71. The molecule has 2 N–H and O–H groups in total. The molecule has 0 aliphatic heterocycles. The molecule has 0 aromatic heterocycles. The molecule has 0 unspecified atom stereocenters. The number of nitrogens with two attached hydrogens (primary N) is 1. The molecule has 0 aliphatic carbocycles. The van der Waals surface area contributed by atoms with E-state index in [1.165, 1.54) is 11.1 Å². The van der Waals surface area contributed by atoms with Crippen LogP contribution in [0.15, 0.2) is 36.4 Å². The molecule has 1 aromatic carbocycles. The lowest BCUT2D eigenvalue weighted by Gasteiger charge is -2.07. The van der Waals surface area contributed by atoms with Crippen LogP contribution in [-0.2, 0) is 0 Å². The molecule has 74 valence electrons. The average molecular weight is 187 g/mol. The van der Waals surface area contributed by atoms with Crippen LogP contribution in [0.4, 0.5) is 0 Å². The molecule has 0 atom stereocenters. The molecule has 0 amide bonds. The van der Waals surface area contributed by atoms with Crippen LogP contribution in [0.1, 0.15) is 23.6 Å². The fourth-order valence-corrected chi connectivity index (χ4v) is 1.39. The number of aryl methyl sites for hydroxylation is 2. The normalized spacial score (nSPS) is 11.5. The summed E-state index contributed by atoms with van der Waals surface area (Å²) in [7, 11) is 0. The van der Waals surface area contributed by atoms with E-state index in [9.17, 15) is 0 Å². The third-order valence-corrected chi connectivity index (χ3v) is 2.11. The van der Waals surface area contributed by atoms with Crippen molar-refractivity contribution in [2.75, 3.05) is 0 Å². The van der Waals surface area contributed by atoms with Gasteiger partial charge in [-0.3, -0.25) is 0 Å². The lowest BCUT2D eigenvalue weighted by atomic mass is 10.0. The van der Waals surface area contributed by atoms with Gasteiger partial charge in [0.1, 0.15) is 0 Å². The number of hydrogen-bond acceptors (Lipinski definition) is 1. The Morgan fingerprint density at radius 1 is 1.36 bits per heavy atom. The summed E-state index contributed by atoms with van der Waals surface area (Å²) in [5, 5.41) is 0. The zero-order valence-electron chi connectivity index (χ0n) is 9.09. The Kier molecular flexibility index (Phi) is 3.13. The summed E-state index contributed by atoms with van der Waals surface area (Å²) in [6, 6.07) is 6.28. The van der Waals surface area contributed by atoms with Gasteiger partial charge in [-0.15, -0.1) is 0 Å². The molecule has 0 spiro atoms. The Balaban J connectivity index is 3.18. The summed E-state index contributed by atoms with van der Waals surface area (Å²) in [6.45, 7) is 9.89. The van der Waals surface area contributed by atoms with Crippen LogP contribution in [0, 0.1) is 13.8 Å². The fourth-order valence-electron chi connectivity index (χ4n) is 1.39. The molecule has 1 nitrogen and oxygen atoms in total. The third-order valence-electron chi connectivity index (χ3n) is 2.11. The highest BCUT2D eigenvalue weighted by Gasteiger charge is 2.00. The van der Waals surface area contributed by atoms with Gasteiger partial charge in [0.2, 0.25) is 0 Å². The molecule has 1 heteroatoms.